The number of ether oxygens (including phenoxy) is 1. The summed E-state index contributed by atoms with van der Waals surface area (Å²) >= 11 is 0. The maximum absolute atomic E-state index is 12.0. The molecule has 0 bridgehead atoms. The number of carbonyl (C=O) groups excluding carboxylic acids is 1. The molecule has 1 heterocycles. The molecular weight excluding hydrogens is 332 g/mol. The minimum atomic E-state index is -0.934. The van der Waals surface area contributed by atoms with Crippen molar-refractivity contribution in [2.24, 2.45) is 0 Å². The summed E-state index contributed by atoms with van der Waals surface area (Å²) in [7, 11) is 0. The average molecular weight is 354 g/mol. The monoisotopic (exact) mass is 354 g/mol. The van der Waals surface area contributed by atoms with Crippen LogP contribution in [-0.4, -0.2) is 36.3 Å². The number of carboxylic acids is 1. The summed E-state index contributed by atoms with van der Waals surface area (Å²) in [4.78, 5) is 25.1. The van der Waals surface area contributed by atoms with E-state index < -0.39 is 12.1 Å². The van der Waals surface area contributed by atoms with Gasteiger partial charge >= 0.3 is 12.1 Å². The predicted molar refractivity (Wildman–Crippen MR) is 98.4 cm³/mol. The molecule has 1 aliphatic rings. The first kappa shape index (κ1) is 17.8. The largest absolute Gasteiger partial charge is 0.478 e. The molecule has 0 saturated carbocycles. The van der Waals surface area contributed by atoms with Crippen LogP contribution in [0.3, 0.4) is 0 Å². The molecule has 0 radical (unpaired) electrons. The molecule has 6 nitrogen and oxygen atoms in total. The van der Waals surface area contributed by atoms with Crippen LogP contribution in [0.4, 0.5) is 10.5 Å². The van der Waals surface area contributed by atoms with Crippen molar-refractivity contribution in [1.29, 1.82) is 0 Å². The predicted octanol–water partition coefficient (Wildman–Crippen LogP) is 3.28. The Morgan fingerprint density at radius 1 is 1.12 bits per heavy atom. The number of carbonyl (C=O) groups is 2. The van der Waals surface area contributed by atoms with Gasteiger partial charge in [0.15, 0.2) is 0 Å². The van der Waals surface area contributed by atoms with E-state index in [4.69, 9.17) is 9.84 Å². The molecule has 0 aromatic heterocycles. The van der Waals surface area contributed by atoms with Gasteiger partial charge in [0.2, 0.25) is 0 Å². The fraction of sp³-hybridized carbons (Fsp3) is 0.300. The SMILES string of the molecule is O=C(NC1CCCN(c2ccc(C(=O)O)cc2)C1)OCc1ccccc1. The van der Waals surface area contributed by atoms with Crippen LogP contribution < -0.4 is 10.2 Å². The normalized spacial score (nSPS) is 16.8. The molecule has 6 heteroatoms. The highest BCUT2D eigenvalue weighted by atomic mass is 16.5. The number of anilines is 1. The summed E-state index contributed by atoms with van der Waals surface area (Å²) in [6, 6.07) is 16.4. The van der Waals surface area contributed by atoms with Crippen molar-refractivity contribution in [2.45, 2.75) is 25.5 Å². The maximum atomic E-state index is 12.0. The van der Waals surface area contributed by atoms with Crippen molar-refractivity contribution >= 4 is 17.7 Å². The standard InChI is InChI=1S/C20H22N2O4/c23-19(24)16-8-10-18(11-9-16)22-12-4-7-17(13-22)21-20(25)26-14-15-5-2-1-3-6-15/h1-3,5-6,8-11,17H,4,7,12-14H2,(H,21,25)(H,23,24). The zero-order valence-electron chi connectivity index (χ0n) is 14.4. The second kappa shape index (κ2) is 8.38. The number of nitrogens with one attached hydrogen (secondary N) is 1. The zero-order chi connectivity index (χ0) is 18.4. The Hall–Kier alpha value is -3.02. The Labute approximate surface area is 152 Å². The van der Waals surface area contributed by atoms with Crippen LogP contribution >= 0.6 is 0 Å². The topological polar surface area (TPSA) is 78.9 Å². The highest BCUT2D eigenvalue weighted by Gasteiger charge is 2.22. The minimum absolute atomic E-state index is 0.00572. The summed E-state index contributed by atoms with van der Waals surface area (Å²) in [5.74, 6) is -0.934. The fourth-order valence-corrected chi connectivity index (χ4v) is 3.08. The molecule has 2 N–H and O–H groups in total. The Morgan fingerprint density at radius 2 is 1.85 bits per heavy atom. The molecule has 0 spiro atoms. The third-order valence-corrected chi connectivity index (χ3v) is 4.44. The molecule has 1 saturated heterocycles. The highest BCUT2D eigenvalue weighted by Crippen LogP contribution is 2.20. The van der Waals surface area contributed by atoms with Crippen LogP contribution in [0.15, 0.2) is 54.6 Å². The quantitative estimate of drug-likeness (QED) is 0.861. The lowest BCUT2D eigenvalue weighted by Gasteiger charge is -2.34. The number of nitrogens with zero attached hydrogens (tertiary/aromatic N) is 1. The number of amides is 1. The van der Waals surface area contributed by atoms with Crippen molar-refractivity contribution in [1.82, 2.24) is 5.32 Å². The molecule has 1 fully saturated rings. The Bertz CT molecular complexity index is 746. The van der Waals surface area contributed by atoms with Gasteiger partial charge in [-0.1, -0.05) is 30.3 Å². The van der Waals surface area contributed by atoms with Gasteiger partial charge in [0, 0.05) is 24.8 Å². The number of piperidine rings is 1. The molecule has 2 aromatic carbocycles. The second-order valence-electron chi connectivity index (χ2n) is 6.34. The molecule has 1 atom stereocenters. The summed E-state index contributed by atoms with van der Waals surface area (Å²) in [5, 5.41) is 11.9. The summed E-state index contributed by atoms with van der Waals surface area (Å²) in [5.41, 5.74) is 2.18. The van der Waals surface area contributed by atoms with E-state index in [1.807, 2.05) is 30.3 Å². The van der Waals surface area contributed by atoms with Gasteiger partial charge in [0.25, 0.3) is 0 Å². The molecule has 0 aliphatic carbocycles. The van der Waals surface area contributed by atoms with Crippen LogP contribution in [-0.2, 0) is 11.3 Å². The van der Waals surface area contributed by atoms with Gasteiger partial charge in [-0.3, -0.25) is 0 Å². The lowest BCUT2D eigenvalue weighted by atomic mass is 10.0. The number of rotatable bonds is 5. The lowest BCUT2D eigenvalue weighted by molar-refractivity contribution is 0.0696. The molecule has 1 aliphatic heterocycles. The zero-order valence-corrected chi connectivity index (χ0v) is 14.4. The average Bonchev–Trinajstić information content (AvgIpc) is 2.67. The van der Waals surface area contributed by atoms with Gasteiger partial charge in [-0.25, -0.2) is 9.59 Å². The molecule has 2 aromatic rings. The summed E-state index contributed by atoms with van der Waals surface area (Å²) in [6.45, 7) is 1.80. The van der Waals surface area contributed by atoms with E-state index in [9.17, 15) is 9.59 Å². The maximum Gasteiger partial charge on any atom is 0.407 e. The molecule has 26 heavy (non-hydrogen) atoms. The van der Waals surface area contributed by atoms with Crippen molar-refractivity contribution in [3.63, 3.8) is 0 Å². The summed E-state index contributed by atoms with van der Waals surface area (Å²) < 4.78 is 5.28. The third kappa shape index (κ3) is 4.75. The Kier molecular flexibility index (Phi) is 5.73. The van der Waals surface area contributed by atoms with E-state index in [1.165, 1.54) is 0 Å². The Morgan fingerprint density at radius 3 is 2.54 bits per heavy atom. The molecule has 136 valence electrons. The van der Waals surface area contributed by atoms with E-state index in [0.717, 1.165) is 30.6 Å². The first-order chi connectivity index (χ1) is 12.6. The lowest BCUT2D eigenvalue weighted by Crippen LogP contribution is -2.48. The van der Waals surface area contributed by atoms with Gasteiger partial charge in [0.05, 0.1) is 5.56 Å². The van der Waals surface area contributed by atoms with Gasteiger partial charge in [0.1, 0.15) is 6.61 Å². The van der Waals surface area contributed by atoms with E-state index in [1.54, 1.807) is 24.3 Å². The van der Waals surface area contributed by atoms with Crippen LogP contribution in [0.1, 0.15) is 28.8 Å². The van der Waals surface area contributed by atoms with Crippen molar-refractivity contribution in [3.05, 3.63) is 65.7 Å². The summed E-state index contributed by atoms with van der Waals surface area (Å²) in [6.07, 6.45) is 1.43. The minimum Gasteiger partial charge on any atom is -0.478 e. The molecule has 3 rings (SSSR count). The smallest absolute Gasteiger partial charge is 0.407 e. The van der Waals surface area contributed by atoms with E-state index >= 15 is 0 Å². The first-order valence-electron chi connectivity index (χ1n) is 8.67. The van der Waals surface area contributed by atoms with Crippen LogP contribution in [0.2, 0.25) is 0 Å². The number of benzene rings is 2. The number of hydrogen-bond acceptors (Lipinski definition) is 4. The number of aromatic carboxylic acids is 1. The van der Waals surface area contributed by atoms with Gasteiger partial charge in [-0.2, -0.15) is 0 Å². The highest BCUT2D eigenvalue weighted by molar-refractivity contribution is 5.88. The second-order valence-corrected chi connectivity index (χ2v) is 6.34. The van der Waals surface area contributed by atoms with E-state index in [0.29, 0.717) is 6.54 Å². The van der Waals surface area contributed by atoms with Crippen LogP contribution in [0, 0.1) is 0 Å². The fourth-order valence-electron chi connectivity index (χ4n) is 3.08. The molecule has 1 amide bonds. The number of alkyl carbamates (subject to hydrolysis) is 1. The van der Waals surface area contributed by atoms with Gasteiger partial charge in [-0.05, 0) is 42.7 Å². The van der Waals surface area contributed by atoms with Crippen LogP contribution in [0.25, 0.3) is 0 Å². The molecule has 1 unspecified atom stereocenters. The van der Waals surface area contributed by atoms with Crippen molar-refractivity contribution in [2.75, 3.05) is 18.0 Å². The van der Waals surface area contributed by atoms with Crippen molar-refractivity contribution in [3.8, 4) is 0 Å². The number of hydrogen-bond donors (Lipinski definition) is 2. The van der Waals surface area contributed by atoms with Gasteiger partial charge < -0.3 is 20.1 Å². The molecular formula is C20H22N2O4. The van der Waals surface area contributed by atoms with Gasteiger partial charge in [-0.15, -0.1) is 0 Å². The van der Waals surface area contributed by atoms with Crippen LogP contribution in [0.5, 0.6) is 0 Å². The van der Waals surface area contributed by atoms with E-state index in [-0.39, 0.29) is 18.2 Å². The number of carboxylic acid groups (broad SMARTS) is 1. The first-order valence-corrected chi connectivity index (χ1v) is 8.67. The van der Waals surface area contributed by atoms with Crippen molar-refractivity contribution < 1.29 is 19.4 Å². The van der Waals surface area contributed by atoms with E-state index in [2.05, 4.69) is 10.2 Å². The Balaban J connectivity index is 1.51. The third-order valence-electron chi connectivity index (χ3n) is 4.44.